The van der Waals surface area contributed by atoms with Gasteiger partial charge in [0.15, 0.2) is 0 Å². The van der Waals surface area contributed by atoms with E-state index in [1.54, 1.807) is 18.2 Å². The molecule has 1 unspecified atom stereocenters. The zero-order valence-corrected chi connectivity index (χ0v) is 34.4. The van der Waals surface area contributed by atoms with Crippen molar-refractivity contribution in [3.63, 3.8) is 0 Å². The van der Waals surface area contributed by atoms with Crippen LogP contribution < -0.4 is 20.0 Å². The normalized spacial score (nSPS) is 23.1. The highest BCUT2D eigenvalue weighted by Crippen LogP contribution is 2.34. The van der Waals surface area contributed by atoms with E-state index in [2.05, 4.69) is 43.6 Å². The number of hydrogen-bond acceptors (Lipinski definition) is 10. The first-order chi connectivity index (χ1) is 28.5. The van der Waals surface area contributed by atoms with Crippen LogP contribution in [-0.2, 0) is 20.8 Å². The van der Waals surface area contributed by atoms with Crippen molar-refractivity contribution >= 4 is 64.0 Å². The average molecular weight is 820 g/mol. The lowest BCUT2D eigenvalue weighted by Crippen LogP contribution is -2.58. The van der Waals surface area contributed by atoms with E-state index in [1.807, 2.05) is 41.4 Å². The molecule has 0 aliphatic carbocycles. The lowest BCUT2D eigenvalue weighted by atomic mass is 9.93. The molecular weight excluding hydrogens is 770 g/mol. The van der Waals surface area contributed by atoms with Gasteiger partial charge in [0, 0.05) is 93.5 Å². The minimum absolute atomic E-state index is 0.0247. The zero-order valence-electron chi connectivity index (χ0n) is 33.6. The van der Waals surface area contributed by atoms with E-state index in [9.17, 15) is 24.0 Å². The number of amides is 5. The van der Waals surface area contributed by atoms with Crippen LogP contribution >= 0.6 is 11.6 Å². The van der Waals surface area contributed by atoms with E-state index in [-0.39, 0.29) is 36.7 Å². The van der Waals surface area contributed by atoms with Gasteiger partial charge in [0.25, 0.3) is 11.8 Å². The fourth-order valence-electron chi connectivity index (χ4n) is 9.28. The van der Waals surface area contributed by atoms with Crippen molar-refractivity contribution in [1.29, 1.82) is 0 Å². The largest absolute Gasteiger partial charge is 0.369 e. The summed E-state index contributed by atoms with van der Waals surface area (Å²) in [7, 11) is 0. The number of carbonyl (C=O) groups excluding carboxylic acids is 5. The first kappa shape index (κ1) is 40.3. The Kier molecular flexibility index (Phi) is 11.6. The highest BCUT2D eigenvalue weighted by molar-refractivity contribution is 6.33. The van der Waals surface area contributed by atoms with Crippen molar-refractivity contribution in [2.45, 2.75) is 70.5 Å². The van der Waals surface area contributed by atoms with Crippen LogP contribution in [0.15, 0.2) is 54.7 Å². The maximum absolute atomic E-state index is 13.5. The Morgan fingerprint density at radius 3 is 2.29 bits per heavy atom. The quantitative estimate of drug-likeness (QED) is 0.238. The molecule has 4 saturated heterocycles. The summed E-state index contributed by atoms with van der Waals surface area (Å²) in [5, 5.41) is 2.69. The van der Waals surface area contributed by atoms with E-state index in [0.29, 0.717) is 47.3 Å². The summed E-state index contributed by atoms with van der Waals surface area (Å²) in [6.07, 6.45) is 5.75. The van der Waals surface area contributed by atoms with E-state index >= 15 is 0 Å². The lowest BCUT2D eigenvalue weighted by Gasteiger charge is -2.45. The van der Waals surface area contributed by atoms with E-state index in [0.717, 1.165) is 92.7 Å². The fourth-order valence-corrected chi connectivity index (χ4v) is 9.50. The molecule has 308 valence electrons. The highest BCUT2D eigenvalue weighted by Gasteiger charge is 2.45. The summed E-state index contributed by atoms with van der Waals surface area (Å²) in [6.45, 7) is 19.1. The molecule has 0 bridgehead atoms. The molecule has 0 radical (unpaired) electrons. The topological polar surface area (TPSA) is 134 Å². The summed E-state index contributed by atoms with van der Waals surface area (Å²) >= 11 is 6.32. The van der Waals surface area contributed by atoms with Crippen LogP contribution in [0.4, 0.5) is 22.9 Å². The van der Waals surface area contributed by atoms with Gasteiger partial charge in [-0.15, -0.1) is 0 Å². The number of aromatic nitrogens is 1. The van der Waals surface area contributed by atoms with Crippen LogP contribution in [0.2, 0.25) is 5.02 Å². The van der Waals surface area contributed by atoms with Crippen LogP contribution in [0.3, 0.4) is 0 Å². The number of fused-ring (bicyclic) bond motifs is 1. The third kappa shape index (κ3) is 8.36. The molecule has 8 rings (SSSR count). The van der Waals surface area contributed by atoms with Crippen LogP contribution in [-0.4, -0.2) is 126 Å². The number of hydrogen-bond donors (Lipinski definition) is 1. The van der Waals surface area contributed by atoms with Gasteiger partial charge in [-0.25, -0.2) is 9.83 Å². The van der Waals surface area contributed by atoms with E-state index in [1.165, 1.54) is 0 Å². The Hall–Kier alpha value is -5.52. The Morgan fingerprint density at radius 2 is 1.59 bits per heavy atom. The van der Waals surface area contributed by atoms with Gasteiger partial charge in [0.05, 0.1) is 24.1 Å². The summed E-state index contributed by atoms with van der Waals surface area (Å²) in [4.78, 5) is 84.5. The molecule has 4 fully saturated rings. The minimum Gasteiger partial charge on any atom is -0.369 e. The SMILES string of the molecule is [C-]#[N+]c1ccc(N2C[C@@H](C)N(C(=O)Cc3ccc(N4CCC(CCN5CCN(c6ccc7c(c6)C(=O)N(C6CCC(=O)NC6=O)C7=O)CC5)CC4)nc3)C[C@@H]2C)cc1Cl. The molecular formula is C44H50ClN9O5. The maximum atomic E-state index is 13.5. The summed E-state index contributed by atoms with van der Waals surface area (Å²) < 4.78 is 0. The fraction of sp³-hybridized carbons (Fsp3) is 0.477. The number of nitrogens with zero attached hydrogens (tertiary/aromatic N) is 8. The Morgan fingerprint density at radius 1 is 0.847 bits per heavy atom. The van der Waals surface area contributed by atoms with Crippen LogP contribution in [0, 0.1) is 12.5 Å². The van der Waals surface area contributed by atoms with Gasteiger partial charge in [-0.1, -0.05) is 23.7 Å². The van der Waals surface area contributed by atoms with E-state index in [4.69, 9.17) is 23.2 Å². The molecule has 3 aromatic rings. The van der Waals surface area contributed by atoms with Crippen molar-refractivity contribution in [2.75, 3.05) is 73.6 Å². The number of halogens is 1. The molecule has 5 aliphatic rings. The van der Waals surface area contributed by atoms with Crippen molar-refractivity contribution in [2.24, 2.45) is 5.92 Å². The molecule has 2 aromatic carbocycles. The van der Waals surface area contributed by atoms with Crippen LogP contribution in [0.25, 0.3) is 4.85 Å². The minimum atomic E-state index is -0.968. The molecule has 5 aliphatic heterocycles. The van der Waals surface area contributed by atoms with Gasteiger partial charge in [0.2, 0.25) is 23.4 Å². The second-order valence-electron chi connectivity index (χ2n) is 16.6. The number of piperazine rings is 2. The zero-order chi connectivity index (χ0) is 41.4. The molecule has 6 heterocycles. The Balaban J connectivity index is 0.758. The average Bonchev–Trinajstić information content (AvgIpc) is 3.49. The third-order valence-electron chi connectivity index (χ3n) is 12.8. The predicted octanol–water partition coefficient (Wildman–Crippen LogP) is 4.78. The number of pyridine rings is 1. The lowest BCUT2D eigenvalue weighted by molar-refractivity contribution is -0.136. The van der Waals surface area contributed by atoms with Crippen LogP contribution in [0.1, 0.15) is 72.2 Å². The molecule has 0 spiro atoms. The standard InChI is InChI=1S/C44H50ClN9O5/c1-28-27-53(29(2)26-52(28)33-6-8-37(46-3)36(45)24-33)41(56)22-31-4-10-39(47-25-31)51-16-13-30(14-17-51)12-15-49-18-20-50(21-19-49)32-5-7-34-35(23-32)44(59)54(43(34)58)38-9-11-40(55)48-42(38)57/h4-8,10,23-25,28-30,38H,9,11-22,26-27H2,1-2H3,(H,48,55,57)/t28-,29+,38?/m0/s1. The Labute approximate surface area is 349 Å². The molecule has 3 atom stereocenters. The molecule has 59 heavy (non-hydrogen) atoms. The molecule has 15 heteroatoms. The second-order valence-corrected chi connectivity index (χ2v) is 17.0. The number of anilines is 3. The Bertz CT molecular complexity index is 2180. The summed E-state index contributed by atoms with van der Waals surface area (Å²) in [6, 6.07) is 14.1. The molecule has 1 aromatic heterocycles. The van der Waals surface area contributed by atoms with Gasteiger partial charge in [-0.2, -0.15) is 0 Å². The smallest absolute Gasteiger partial charge is 0.262 e. The first-order valence-electron chi connectivity index (χ1n) is 20.7. The predicted molar refractivity (Wildman–Crippen MR) is 225 cm³/mol. The maximum Gasteiger partial charge on any atom is 0.262 e. The molecule has 0 saturated carbocycles. The van der Waals surface area contributed by atoms with Crippen molar-refractivity contribution in [3.05, 3.63) is 87.9 Å². The molecule has 14 nitrogen and oxygen atoms in total. The van der Waals surface area contributed by atoms with Gasteiger partial charge < -0.3 is 19.6 Å². The van der Waals surface area contributed by atoms with E-state index < -0.39 is 23.8 Å². The highest BCUT2D eigenvalue weighted by atomic mass is 35.5. The van der Waals surface area contributed by atoms with Gasteiger partial charge in [-0.3, -0.25) is 39.1 Å². The summed E-state index contributed by atoms with van der Waals surface area (Å²) in [5.41, 5.74) is 3.82. The van der Waals surface area contributed by atoms with Gasteiger partial charge in [0.1, 0.15) is 11.9 Å². The number of piperidine rings is 2. The second kappa shape index (κ2) is 17.0. The van der Waals surface area contributed by atoms with Crippen LogP contribution in [0.5, 0.6) is 0 Å². The third-order valence-corrected chi connectivity index (χ3v) is 13.1. The summed E-state index contributed by atoms with van der Waals surface area (Å²) in [5.74, 6) is -0.261. The number of carbonyl (C=O) groups is 5. The number of rotatable bonds is 9. The first-order valence-corrected chi connectivity index (χ1v) is 21.1. The van der Waals surface area contributed by atoms with Gasteiger partial charge >= 0.3 is 0 Å². The molecule has 1 N–H and O–H groups in total. The number of benzene rings is 2. The molecule has 5 amide bonds. The van der Waals surface area contributed by atoms with Crippen molar-refractivity contribution in [1.82, 2.24) is 25.0 Å². The number of nitrogens with one attached hydrogen (secondary N) is 1. The number of imide groups is 2. The van der Waals surface area contributed by atoms with Gasteiger partial charge in [-0.05, 0) is 94.0 Å². The van der Waals surface area contributed by atoms with Crippen molar-refractivity contribution in [3.8, 4) is 0 Å². The monoisotopic (exact) mass is 819 g/mol. The van der Waals surface area contributed by atoms with Crippen molar-refractivity contribution < 1.29 is 24.0 Å².